The lowest BCUT2D eigenvalue weighted by Gasteiger charge is -2.03. The Balaban J connectivity index is 2.38. The smallest absolute Gasteiger partial charge is 0.330 e. The Morgan fingerprint density at radius 2 is 1.70 bits per heavy atom. The van der Waals surface area contributed by atoms with Crippen LogP contribution in [0.25, 0.3) is 0 Å². The fourth-order valence-electron chi connectivity index (χ4n) is 1.34. The zero-order valence-corrected chi connectivity index (χ0v) is 10.6. The molecule has 0 fully saturated rings. The minimum absolute atomic E-state index is 0.0853. The largest absolute Gasteiger partial charge is 0.478 e. The molecule has 0 aliphatic heterocycles. The summed E-state index contributed by atoms with van der Waals surface area (Å²) in [5.74, 6) is -3.22. The zero-order valence-electron chi connectivity index (χ0n) is 10.6. The molecule has 0 aliphatic carbocycles. The summed E-state index contributed by atoms with van der Waals surface area (Å²) in [6.07, 6.45) is -0.482. The van der Waals surface area contributed by atoms with E-state index in [-0.39, 0.29) is 24.8 Å². The van der Waals surface area contributed by atoms with E-state index >= 15 is 0 Å². The van der Waals surface area contributed by atoms with Gasteiger partial charge < -0.3 is 9.84 Å². The molecule has 0 radical (unpaired) electrons. The highest BCUT2D eigenvalue weighted by molar-refractivity contribution is 5.89. The van der Waals surface area contributed by atoms with Gasteiger partial charge in [0, 0.05) is 5.57 Å². The van der Waals surface area contributed by atoms with Gasteiger partial charge in [-0.25, -0.2) is 9.18 Å². The van der Waals surface area contributed by atoms with Crippen LogP contribution in [0.1, 0.15) is 18.4 Å². The first-order valence-electron chi connectivity index (χ1n) is 5.77. The summed E-state index contributed by atoms with van der Waals surface area (Å²) in [6.45, 7) is 3.25. The van der Waals surface area contributed by atoms with Gasteiger partial charge in [0.15, 0.2) is 0 Å². The highest BCUT2D eigenvalue weighted by Gasteiger charge is 2.13. The molecule has 1 rings (SSSR count). The lowest BCUT2D eigenvalue weighted by molar-refractivity contribution is -0.159. The van der Waals surface area contributed by atoms with Crippen LogP contribution >= 0.6 is 0 Å². The molecule has 20 heavy (non-hydrogen) atoms. The Labute approximate surface area is 114 Å². The Hall–Kier alpha value is -2.50. The van der Waals surface area contributed by atoms with E-state index in [2.05, 4.69) is 11.3 Å². The van der Waals surface area contributed by atoms with Crippen molar-refractivity contribution in [1.82, 2.24) is 0 Å². The van der Waals surface area contributed by atoms with E-state index in [0.717, 1.165) is 0 Å². The van der Waals surface area contributed by atoms with Gasteiger partial charge in [-0.3, -0.25) is 9.59 Å². The van der Waals surface area contributed by atoms with Gasteiger partial charge in [0.25, 0.3) is 0 Å². The lowest BCUT2D eigenvalue weighted by Crippen LogP contribution is -2.15. The predicted molar refractivity (Wildman–Crippen MR) is 67.2 cm³/mol. The average molecular weight is 280 g/mol. The van der Waals surface area contributed by atoms with Crippen molar-refractivity contribution in [3.8, 4) is 0 Å². The molecule has 0 saturated heterocycles. The highest BCUT2D eigenvalue weighted by atomic mass is 19.1. The van der Waals surface area contributed by atoms with Crippen LogP contribution in [0.15, 0.2) is 36.4 Å². The number of ether oxygens (including phenoxy) is 1. The molecule has 0 aliphatic rings. The van der Waals surface area contributed by atoms with Gasteiger partial charge in [-0.1, -0.05) is 18.7 Å². The molecule has 0 spiro atoms. The summed E-state index contributed by atoms with van der Waals surface area (Å²) in [6, 6.07) is 5.21. The third-order valence-corrected chi connectivity index (χ3v) is 2.42. The quantitative estimate of drug-likeness (QED) is 0.488. The second-order valence-electron chi connectivity index (χ2n) is 4.06. The van der Waals surface area contributed by atoms with Crippen LogP contribution in [0.4, 0.5) is 4.39 Å². The molecular weight excluding hydrogens is 267 g/mol. The number of hydrogen-bond acceptors (Lipinski definition) is 4. The molecule has 5 nitrogen and oxygen atoms in total. The number of hydrogen-bond donors (Lipinski definition) is 1. The molecule has 1 aromatic rings. The zero-order chi connectivity index (χ0) is 15.1. The molecule has 1 aromatic carbocycles. The number of halogens is 1. The first-order chi connectivity index (χ1) is 9.38. The first kappa shape index (κ1) is 15.6. The maximum atomic E-state index is 12.6. The normalized spacial score (nSPS) is 9.85. The van der Waals surface area contributed by atoms with Crippen molar-refractivity contribution in [3.63, 3.8) is 0 Å². The number of rotatable bonds is 6. The summed E-state index contributed by atoms with van der Waals surface area (Å²) in [4.78, 5) is 33.2. The van der Waals surface area contributed by atoms with Gasteiger partial charge in [-0.2, -0.15) is 0 Å². The van der Waals surface area contributed by atoms with Gasteiger partial charge in [0.2, 0.25) is 0 Å². The van der Waals surface area contributed by atoms with Crippen LogP contribution in [0.5, 0.6) is 0 Å². The van der Waals surface area contributed by atoms with E-state index in [0.29, 0.717) is 5.56 Å². The molecule has 0 atom stereocenters. The Kier molecular flexibility index (Phi) is 5.58. The maximum Gasteiger partial charge on any atom is 0.330 e. The number of carbonyl (C=O) groups is 3. The van der Waals surface area contributed by atoms with Crippen molar-refractivity contribution in [3.05, 3.63) is 47.8 Å². The molecule has 0 bridgehead atoms. The Morgan fingerprint density at radius 3 is 2.25 bits per heavy atom. The van der Waals surface area contributed by atoms with Gasteiger partial charge in [0.1, 0.15) is 5.82 Å². The summed E-state index contributed by atoms with van der Waals surface area (Å²) >= 11 is 0. The lowest BCUT2D eigenvalue weighted by atomic mass is 10.1. The van der Waals surface area contributed by atoms with Gasteiger partial charge >= 0.3 is 17.9 Å². The van der Waals surface area contributed by atoms with Crippen LogP contribution in [-0.4, -0.2) is 23.0 Å². The van der Waals surface area contributed by atoms with Crippen molar-refractivity contribution in [2.75, 3.05) is 0 Å². The van der Waals surface area contributed by atoms with Crippen molar-refractivity contribution in [2.24, 2.45) is 0 Å². The van der Waals surface area contributed by atoms with Crippen LogP contribution in [0.2, 0.25) is 0 Å². The highest BCUT2D eigenvalue weighted by Crippen LogP contribution is 2.07. The van der Waals surface area contributed by atoms with Gasteiger partial charge in [-0.15, -0.1) is 0 Å². The number of carboxylic acids is 1. The van der Waals surface area contributed by atoms with E-state index in [1.54, 1.807) is 0 Å². The SMILES string of the molecule is C=C(CCC(=O)OC(=O)Cc1ccc(F)cc1)C(=O)O. The minimum atomic E-state index is -1.20. The molecular formula is C14H13FO5. The number of benzene rings is 1. The third kappa shape index (κ3) is 5.43. The van der Waals surface area contributed by atoms with Gasteiger partial charge in [0.05, 0.1) is 12.8 Å². The molecule has 0 unspecified atom stereocenters. The van der Waals surface area contributed by atoms with Crippen molar-refractivity contribution >= 4 is 17.9 Å². The van der Waals surface area contributed by atoms with Crippen LogP contribution in [0.3, 0.4) is 0 Å². The Morgan fingerprint density at radius 1 is 1.10 bits per heavy atom. The predicted octanol–water partition coefficient (Wildman–Crippen LogP) is 1.86. The molecule has 0 amide bonds. The molecule has 1 N–H and O–H groups in total. The van der Waals surface area contributed by atoms with Crippen LogP contribution in [0, 0.1) is 5.82 Å². The molecule has 6 heteroatoms. The minimum Gasteiger partial charge on any atom is -0.478 e. The second-order valence-corrected chi connectivity index (χ2v) is 4.06. The van der Waals surface area contributed by atoms with E-state index in [9.17, 15) is 18.8 Å². The Bertz CT molecular complexity index is 533. The van der Waals surface area contributed by atoms with E-state index in [1.807, 2.05) is 0 Å². The van der Waals surface area contributed by atoms with Crippen LogP contribution < -0.4 is 0 Å². The second kappa shape index (κ2) is 7.18. The van der Waals surface area contributed by atoms with Crippen LogP contribution in [-0.2, 0) is 25.5 Å². The summed E-state index contributed by atoms with van der Waals surface area (Å²) in [7, 11) is 0. The van der Waals surface area contributed by atoms with E-state index in [1.165, 1.54) is 24.3 Å². The fourth-order valence-corrected chi connectivity index (χ4v) is 1.34. The third-order valence-electron chi connectivity index (χ3n) is 2.42. The average Bonchev–Trinajstić information content (AvgIpc) is 2.38. The number of esters is 2. The topological polar surface area (TPSA) is 80.7 Å². The standard InChI is InChI=1S/C14H13FO5/c1-9(14(18)19)2-7-12(16)20-13(17)8-10-3-5-11(15)6-4-10/h3-6H,1-2,7-8H2,(H,18,19). The first-order valence-corrected chi connectivity index (χ1v) is 5.77. The van der Waals surface area contributed by atoms with E-state index < -0.39 is 23.7 Å². The number of aliphatic carboxylic acids is 1. The monoisotopic (exact) mass is 280 g/mol. The molecule has 0 aromatic heterocycles. The van der Waals surface area contributed by atoms with Crippen molar-refractivity contribution in [1.29, 1.82) is 0 Å². The molecule has 106 valence electrons. The van der Waals surface area contributed by atoms with Gasteiger partial charge in [-0.05, 0) is 24.1 Å². The van der Waals surface area contributed by atoms with Crippen molar-refractivity contribution < 1.29 is 28.6 Å². The maximum absolute atomic E-state index is 12.6. The van der Waals surface area contributed by atoms with Crippen molar-refractivity contribution in [2.45, 2.75) is 19.3 Å². The molecule has 0 saturated carbocycles. The summed E-state index contributed by atoms with van der Waals surface area (Å²) in [5, 5.41) is 8.54. The number of carbonyl (C=O) groups excluding carboxylic acids is 2. The summed E-state index contributed by atoms with van der Waals surface area (Å²) in [5.41, 5.74) is 0.382. The summed E-state index contributed by atoms with van der Waals surface area (Å²) < 4.78 is 17.2. The van der Waals surface area contributed by atoms with E-state index in [4.69, 9.17) is 5.11 Å². The number of carboxylic acid groups (broad SMARTS) is 1. The fraction of sp³-hybridized carbons (Fsp3) is 0.214. The molecule has 0 heterocycles.